The molecule has 1 saturated heterocycles. The number of amides is 1. The molecule has 1 aromatic heterocycles. The third-order valence-corrected chi connectivity index (χ3v) is 4.71. The summed E-state index contributed by atoms with van der Waals surface area (Å²) in [6.45, 7) is 1.88. The van der Waals surface area contributed by atoms with Gasteiger partial charge < -0.3 is 19.2 Å². The van der Waals surface area contributed by atoms with Crippen molar-refractivity contribution >= 4 is 29.7 Å². The maximum absolute atomic E-state index is 12.1. The van der Waals surface area contributed by atoms with E-state index in [-0.39, 0.29) is 54.0 Å². The van der Waals surface area contributed by atoms with Gasteiger partial charge in [-0.2, -0.15) is 0 Å². The molecule has 1 aromatic rings. The molecule has 116 valence electrons. The maximum Gasteiger partial charge on any atom is 1.00 e. The van der Waals surface area contributed by atoms with Crippen LogP contribution in [0, 0.1) is 0 Å². The van der Waals surface area contributed by atoms with Crippen LogP contribution in [0.1, 0.15) is 18.9 Å². The van der Waals surface area contributed by atoms with Gasteiger partial charge in [-0.15, -0.1) is 11.8 Å². The molecule has 0 aromatic carbocycles. The summed E-state index contributed by atoms with van der Waals surface area (Å²) in [5.74, 6) is -0.793. The van der Waals surface area contributed by atoms with Gasteiger partial charge in [-0.3, -0.25) is 9.69 Å². The average molecular weight is 343 g/mol. The minimum Gasteiger partial charge on any atom is -0.543 e. The first-order valence-electron chi connectivity index (χ1n) is 6.41. The van der Waals surface area contributed by atoms with Crippen LogP contribution in [0.3, 0.4) is 0 Å². The number of hydrogen-bond donors (Lipinski definition) is 0. The van der Waals surface area contributed by atoms with E-state index in [0.717, 1.165) is 12.4 Å². The van der Waals surface area contributed by atoms with E-state index in [2.05, 4.69) is 4.98 Å². The summed E-state index contributed by atoms with van der Waals surface area (Å²) in [6.07, 6.45) is 3.60. The quantitative estimate of drug-likeness (QED) is 0.322. The Labute approximate surface area is 159 Å². The number of aromatic nitrogens is 2. The Balaban J connectivity index is 0.000000960. The van der Waals surface area contributed by atoms with Crippen LogP contribution in [-0.4, -0.2) is 38.3 Å². The first-order chi connectivity index (χ1) is 10.1. The van der Waals surface area contributed by atoms with Gasteiger partial charge in [0.05, 0.1) is 29.5 Å². The van der Waals surface area contributed by atoms with Crippen molar-refractivity contribution in [1.29, 1.82) is 0 Å². The van der Waals surface area contributed by atoms with Gasteiger partial charge in [-0.25, -0.2) is 4.98 Å². The molecule has 7 nitrogen and oxygen atoms in total. The van der Waals surface area contributed by atoms with Gasteiger partial charge in [-0.1, -0.05) is 7.43 Å². The molecule has 4 rings (SSSR count). The fourth-order valence-corrected chi connectivity index (χ4v) is 3.71. The number of rotatable bonds is 2. The van der Waals surface area contributed by atoms with Crippen LogP contribution in [0.15, 0.2) is 22.9 Å². The Bertz CT molecular complexity index is 704. The SMILES string of the molecule is C.O=C([O-])C1=CSC2C(=Cc3cn4c(n3)COCC4)C(=O)N12.[Na+]. The summed E-state index contributed by atoms with van der Waals surface area (Å²) in [7, 11) is 0. The molecule has 1 unspecified atom stereocenters. The van der Waals surface area contributed by atoms with Gasteiger partial charge in [0.25, 0.3) is 5.91 Å². The molecule has 23 heavy (non-hydrogen) atoms. The second-order valence-electron chi connectivity index (χ2n) is 4.88. The van der Waals surface area contributed by atoms with E-state index in [1.807, 2.05) is 10.8 Å². The van der Waals surface area contributed by atoms with Crippen LogP contribution >= 0.6 is 11.8 Å². The van der Waals surface area contributed by atoms with Crippen molar-refractivity contribution in [3.8, 4) is 0 Å². The number of thioether (sulfide) groups is 1. The molecule has 1 atom stereocenters. The fraction of sp³-hybridized carbons (Fsp3) is 0.357. The predicted octanol–water partition coefficient (Wildman–Crippen LogP) is -3.06. The third-order valence-electron chi connectivity index (χ3n) is 3.63. The standard InChI is InChI=1S/C13H11N3O4S.CH4.Na/c17-11-8(12-16(11)9(6-21-12)13(18)19)3-7-4-15-1-2-20-5-10(15)14-7;;/h3-4,6,12H,1-2,5H2,(H,18,19);1H4;/q;;+1/p-1. The summed E-state index contributed by atoms with van der Waals surface area (Å²) in [6, 6.07) is 0. The second kappa shape index (κ2) is 6.82. The Morgan fingerprint density at radius 2 is 2.30 bits per heavy atom. The molecule has 0 saturated carbocycles. The van der Waals surface area contributed by atoms with Crippen molar-refractivity contribution in [1.82, 2.24) is 14.5 Å². The van der Waals surface area contributed by atoms with Gasteiger partial charge in [0, 0.05) is 12.7 Å². The number of carboxylic acid groups (broad SMARTS) is 1. The predicted molar refractivity (Wildman–Crippen MR) is 77.9 cm³/mol. The van der Waals surface area contributed by atoms with Crippen LogP contribution < -0.4 is 34.7 Å². The number of hydrogen-bond acceptors (Lipinski definition) is 6. The summed E-state index contributed by atoms with van der Waals surface area (Å²) in [4.78, 5) is 28.6. The number of aliphatic carboxylic acids is 1. The van der Waals surface area contributed by atoms with Crippen molar-refractivity contribution in [2.75, 3.05) is 6.61 Å². The van der Waals surface area contributed by atoms with Crippen LogP contribution in [0.5, 0.6) is 0 Å². The number of ether oxygens (including phenoxy) is 1. The first-order valence-corrected chi connectivity index (χ1v) is 7.35. The molecule has 0 bridgehead atoms. The van der Waals surface area contributed by atoms with Crippen LogP contribution in [0.2, 0.25) is 0 Å². The van der Waals surface area contributed by atoms with Gasteiger partial charge in [0.15, 0.2) is 0 Å². The summed E-state index contributed by atoms with van der Waals surface area (Å²) >= 11 is 1.29. The van der Waals surface area contributed by atoms with Gasteiger partial charge >= 0.3 is 29.6 Å². The van der Waals surface area contributed by atoms with E-state index >= 15 is 0 Å². The van der Waals surface area contributed by atoms with Crippen LogP contribution in [0.4, 0.5) is 0 Å². The zero-order chi connectivity index (χ0) is 14.6. The maximum atomic E-state index is 12.1. The number of carboxylic acids is 1. The van der Waals surface area contributed by atoms with Gasteiger partial charge in [0.2, 0.25) is 0 Å². The Morgan fingerprint density at radius 1 is 1.52 bits per heavy atom. The minimum absolute atomic E-state index is 0. The summed E-state index contributed by atoms with van der Waals surface area (Å²) in [5, 5.41) is 12.1. The molecule has 3 aliphatic rings. The van der Waals surface area contributed by atoms with E-state index in [9.17, 15) is 14.7 Å². The monoisotopic (exact) mass is 343 g/mol. The van der Waals surface area contributed by atoms with Gasteiger partial charge in [-0.05, 0) is 11.5 Å². The molecule has 9 heteroatoms. The van der Waals surface area contributed by atoms with Crippen molar-refractivity contribution in [2.24, 2.45) is 0 Å². The number of fused-ring (bicyclic) bond motifs is 2. The molecule has 0 radical (unpaired) electrons. The minimum atomic E-state index is -1.33. The second-order valence-corrected chi connectivity index (χ2v) is 5.84. The molecule has 3 aliphatic heterocycles. The number of carbonyl (C=O) groups excluding carboxylic acids is 2. The third kappa shape index (κ3) is 2.89. The van der Waals surface area contributed by atoms with Crippen molar-refractivity contribution in [2.45, 2.75) is 26.0 Å². The molecular formula is C14H14N3NaO4S. The Morgan fingerprint density at radius 3 is 3.00 bits per heavy atom. The summed E-state index contributed by atoms with van der Waals surface area (Å²) < 4.78 is 7.33. The smallest absolute Gasteiger partial charge is 0.543 e. The van der Waals surface area contributed by atoms with Crippen molar-refractivity contribution in [3.05, 3.63) is 34.4 Å². The average Bonchev–Trinajstić information content (AvgIpc) is 3.05. The topological polar surface area (TPSA) is 87.5 Å². The van der Waals surface area contributed by atoms with E-state index in [1.54, 1.807) is 6.08 Å². The first kappa shape index (κ1) is 18.3. The molecule has 0 spiro atoms. The Hall–Kier alpha value is -1.06. The molecule has 4 heterocycles. The number of imidazole rings is 1. The Kier molecular flexibility index (Phi) is 5.42. The largest absolute Gasteiger partial charge is 1.00 e. The van der Waals surface area contributed by atoms with Crippen LogP contribution in [0.25, 0.3) is 6.08 Å². The van der Waals surface area contributed by atoms with E-state index < -0.39 is 5.97 Å². The number of nitrogens with zero attached hydrogens (tertiary/aromatic N) is 3. The number of β-lactam (4-membered cyclic amide) rings is 1. The van der Waals surface area contributed by atoms with Crippen molar-refractivity contribution < 1.29 is 49.0 Å². The molecule has 0 aliphatic carbocycles. The summed E-state index contributed by atoms with van der Waals surface area (Å²) in [5.41, 5.74) is 1.19. The van der Waals surface area contributed by atoms with E-state index in [4.69, 9.17) is 4.74 Å². The van der Waals surface area contributed by atoms with Crippen LogP contribution in [-0.2, 0) is 27.5 Å². The molecule has 1 fully saturated rings. The zero-order valence-electron chi connectivity index (χ0n) is 11.8. The van der Waals surface area contributed by atoms with Gasteiger partial charge in [0.1, 0.15) is 17.8 Å². The molecule has 1 amide bonds. The zero-order valence-corrected chi connectivity index (χ0v) is 14.6. The molecule has 0 N–H and O–H groups in total. The van der Waals surface area contributed by atoms with Crippen molar-refractivity contribution in [3.63, 3.8) is 0 Å². The van der Waals surface area contributed by atoms with E-state index in [0.29, 0.717) is 24.5 Å². The normalized spacial score (nSPS) is 23.2. The fourth-order valence-electron chi connectivity index (χ4n) is 2.60. The van der Waals surface area contributed by atoms with E-state index in [1.165, 1.54) is 22.1 Å². The number of carbonyl (C=O) groups is 2. The molecular weight excluding hydrogens is 329 g/mol.